The van der Waals surface area contributed by atoms with Gasteiger partial charge in [-0.15, -0.1) is 11.3 Å². The lowest BCUT2D eigenvalue weighted by Gasteiger charge is -2.07. The Balaban J connectivity index is 1.89. The third-order valence-corrected chi connectivity index (χ3v) is 3.39. The maximum atomic E-state index is 4.80. The van der Waals surface area contributed by atoms with E-state index in [9.17, 15) is 0 Å². The summed E-state index contributed by atoms with van der Waals surface area (Å²) in [6.45, 7) is 3.38. The van der Waals surface area contributed by atoms with Gasteiger partial charge in [-0.2, -0.15) is 4.98 Å². The van der Waals surface area contributed by atoms with Gasteiger partial charge in [-0.3, -0.25) is 0 Å². The van der Waals surface area contributed by atoms with Gasteiger partial charge >= 0.3 is 0 Å². The second-order valence-corrected chi connectivity index (χ2v) is 4.80. The van der Waals surface area contributed by atoms with E-state index in [1.54, 1.807) is 17.6 Å². The molecule has 0 amide bonds. The highest BCUT2D eigenvalue weighted by atomic mass is 32.1. The second-order valence-electron chi connectivity index (χ2n) is 3.91. The van der Waals surface area contributed by atoms with Crippen molar-refractivity contribution in [2.24, 2.45) is 0 Å². The van der Waals surface area contributed by atoms with Crippen LogP contribution in [0.25, 0.3) is 10.2 Å². The predicted molar refractivity (Wildman–Crippen MR) is 75.4 cm³/mol. The van der Waals surface area contributed by atoms with Crippen molar-refractivity contribution in [1.82, 2.24) is 15.1 Å². The van der Waals surface area contributed by atoms with Gasteiger partial charge in [-0.05, 0) is 18.4 Å². The Hall–Kier alpha value is -2.15. The van der Waals surface area contributed by atoms with E-state index in [1.807, 2.05) is 24.4 Å². The van der Waals surface area contributed by atoms with Crippen LogP contribution in [0.4, 0.5) is 11.8 Å². The van der Waals surface area contributed by atoms with Gasteiger partial charge in [0.2, 0.25) is 5.95 Å². The zero-order valence-corrected chi connectivity index (χ0v) is 11.2. The molecule has 0 aliphatic carbocycles. The molecular formula is C12H13N5OS. The van der Waals surface area contributed by atoms with E-state index in [-0.39, 0.29) is 0 Å². The van der Waals surface area contributed by atoms with Crippen molar-refractivity contribution in [2.75, 3.05) is 17.2 Å². The van der Waals surface area contributed by atoms with Crippen LogP contribution in [0.2, 0.25) is 0 Å². The Kier molecular flexibility index (Phi) is 3.28. The van der Waals surface area contributed by atoms with Crippen molar-refractivity contribution < 1.29 is 4.52 Å². The van der Waals surface area contributed by atoms with Crippen LogP contribution in [0.3, 0.4) is 0 Å². The van der Waals surface area contributed by atoms with Gasteiger partial charge in [0, 0.05) is 12.6 Å². The van der Waals surface area contributed by atoms with Gasteiger partial charge in [0.1, 0.15) is 22.6 Å². The first-order valence-corrected chi connectivity index (χ1v) is 6.87. The largest absolute Gasteiger partial charge is 0.364 e. The summed E-state index contributed by atoms with van der Waals surface area (Å²) in [5, 5.41) is 13.3. The molecule has 0 bridgehead atoms. The fourth-order valence-corrected chi connectivity index (χ4v) is 2.49. The zero-order valence-electron chi connectivity index (χ0n) is 10.4. The molecule has 98 valence electrons. The summed E-state index contributed by atoms with van der Waals surface area (Å²) in [6, 6.07) is 3.84. The second kappa shape index (κ2) is 5.23. The molecule has 19 heavy (non-hydrogen) atoms. The lowest BCUT2D eigenvalue weighted by atomic mass is 10.3. The molecule has 0 aromatic carbocycles. The number of nitrogens with one attached hydrogen (secondary N) is 2. The summed E-state index contributed by atoms with van der Waals surface area (Å²) >= 11 is 1.60. The molecular weight excluding hydrogens is 262 g/mol. The Labute approximate surface area is 113 Å². The van der Waals surface area contributed by atoms with Gasteiger partial charge in [0.05, 0.1) is 11.9 Å². The van der Waals surface area contributed by atoms with Crippen molar-refractivity contribution in [2.45, 2.75) is 13.5 Å². The number of rotatable bonds is 5. The molecule has 2 N–H and O–H groups in total. The van der Waals surface area contributed by atoms with Crippen LogP contribution in [0.5, 0.6) is 0 Å². The van der Waals surface area contributed by atoms with Crippen LogP contribution in [-0.4, -0.2) is 21.7 Å². The van der Waals surface area contributed by atoms with E-state index < -0.39 is 0 Å². The Morgan fingerprint density at radius 2 is 2.21 bits per heavy atom. The molecule has 3 heterocycles. The molecule has 6 nitrogen and oxygen atoms in total. The van der Waals surface area contributed by atoms with Crippen molar-refractivity contribution in [3.63, 3.8) is 0 Å². The standard InChI is InChI=1S/C12H13N5OS/c1-2-13-12-15-10(9-4-6-19-11(9)16-12)14-7-8-3-5-18-17-8/h3-6H,2,7H2,1H3,(H2,13,14,15,16). The molecule has 0 radical (unpaired) electrons. The third kappa shape index (κ3) is 2.50. The summed E-state index contributed by atoms with van der Waals surface area (Å²) < 4.78 is 4.80. The SMILES string of the molecule is CCNc1nc(NCc2ccon2)c2ccsc2n1. The van der Waals surface area contributed by atoms with Gasteiger partial charge in [0.25, 0.3) is 0 Å². The van der Waals surface area contributed by atoms with Crippen LogP contribution in [0.1, 0.15) is 12.6 Å². The minimum Gasteiger partial charge on any atom is -0.364 e. The maximum absolute atomic E-state index is 4.80. The highest BCUT2D eigenvalue weighted by molar-refractivity contribution is 7.16. The van der Waals surface area contributed by atoms with Crippen molar-refractivity contribution in [1.29, 1.82) is 0 Å². The molecule has 0 aliphatic heterocycles. The number of nitrogens with zero attached hydrogens (tertiary/aromatic N) is 3. The molecule has 0 saturated heterocycles. The Morgan fingerprint density at radius 1 is 1.26 bits per heavy atom. The first-order valence-electron chi connectivity index (χ1n) is 5.99. The molecule has 0 saturated carbocycles. The zero-order chi connectivity index (χ0) is 13.1. The predicted octanol–water partition coefficient (Wildman–Crippen LogP) is 2.72. The van der Waals surface area contributed by atoms with E-state index in [0.29, 0.717) is 12.5 Å². The monoisotopic (exact) mass is 275 g/mol. The van der Waals surface area contributed by atoms with Crippen LogP contribution < -0.4 is 10.6 Å². The summed E-state index contributed by atoms with van der Waals surface area (Å²) in [5.74, 6) is 1.45. The molecule has 3 aromatic rings. The van der Waals surface area contributed by atoms with Gasteiger partial charge in [-0.25, -0.2) is 4.98 Å². The lowest BCUT2D eigenvalue weighted by Crippen LogP contribution is -2.06. The normalized spacial score (nSPS) is 10.8. The van der Waals surface area contributed by atoms with E-state index in [0.717, 1.165) is 28.3 Å². The summed E-state index contributed by atoms with van der Waals surface area (Å²) in [7, 11) is 0. The number of hydrogen-bond acceptors (Lipinski definition) is 7. The number of hydrogen-bond donors (Lipinski definition) is 2. The Morgan fingerprint density at radius 3 is 3.00 bits per heavy atom. The average Bonchev–Trinajstić information content (AvgIpc) is 3.07. The highest BCUT2D eigenvalue weighted by Crippen LogP contribution is 2.26. The van der Waals surface area contributed by atoms with Crippen molar-refractivity contribution >= 4 is 33.3 Å². The minimum atomic E-state index is 0.573. The van der Waals surface area contributed by atoms with Crippen LogP contribution in [-0.2, 0) is 6.54 Å². The molecule has 0 spiro atoms. The summed E-state index contributed by atoms with van der Waals surface area (Å²) in [5.41, 5.74) is 0.840. The van der Waals surface area contributed by atoms with E-state index >= 15 is 0 Å². The fraction of sp³-hybridized carbons (Fsp3) is 0.250. The van der Waals surface area contributed by atoms with E-state index in [1.165, 1.54) is 0 Å². The van der Waals surface area contributed by atoms with Gasteiger partial charge in [-0.1, -0.05) is 5.16 Å². The number of thiophene rings is 1. The highest BCUT2D eigenvalue weighted by Gasteiger charge is 2.08. The maximum Gasteiger partial charge on any atom is 0.226 e. The molecule has 0 unspecified atom stereocenters. The Bertz CT molecular complexity index is 664. The number of fused-ring (bicyclic) bond motifs is 1. The molecule has 3 aromatic heterocycles. The number of anilines is 2. The van der Waals surface area contributed by atoms with E-state index in [2.05, 4.69) is 25.8 Å². The average molecular weight is 275 g/mol. The van der Waals surface area contributed by atoms with Crippen LogP contribution in [0, 0.1) is 0 Å². The van der Waals surface area contributed by atoms with Crippen LogP contribution in [0.15, 0.2) is 28.3 Å². The van der Waals surface area contributed by atoms with E-state index in [4.69, 9.17) is 4.52 Å². The smallest absolute Gasteiger partial charge is 0.226 e. The summed E-state index contributed by atoms with van der Waals surface area (Å²) in [6.07, 6.45) is 1.56. The summed E-state index contributed by atoms with van der Waals surface area (Å²) in [4.78, 5) is 9.90. The molecule has 0 fully saturated rings. The number of aromatic nitrogens is 3. The molecule has 3 rings (SSSR count). The quantitative estimate of drug-likeness (QED) is 0.745. The van der Waals surface area contributed by atoms with Crippen molar-refractivity contribution in [3.8, 4) is 0 Å². The van der Waals surface area contributed by atoms with Gasteiger partial charge in [0.15, 0.2) is 0 Å². The lowest BCUT2D eigenvalue weighted by molar-refractivity contribution is 0.412. The molecule has 7 heteroatoms. The molecule has 0 aliphatic rings. The van der Waals surface area contributed by atoms with Crippen molar-refractivity contribution in [3.05, 3.63) is 29.5 Å². The fourth-order valence-electron chi connectivity index (χ4n) is 1.73. The molecule has 0 atom stereocenters. The topological polar surface area (TPSA) is 75.9 Å². The van der Waals surface area contributed by atoms with Gasteiger partial charge < -0.3 is 15.2 Å². The first-order chi connectivity index (χ1) is 9.36. The first kappa shape index (κ1) is 11.9. The third-order valence-electron chi connectivity index (χ3n) is 2.59. The van der Waals surface area contributed by atoms with Crippen LogP contribution >= 0.6 is 11.3 Å². The minimum absolute atomic E-state index is 0.573.